The zero-order chi connectivity index (χ0) is 17.3. The Kier molecular flexibility index (Phi) is 8.41. The molecular weight excluding hydrogens is 373 g/mol. The Hall–Kier alpha value is -1.27. The predicted molar refractivity (Wildman–Crippen MR) is 110 cm³/mol. The van der Waals surface area contributed by atoms with Crippen molar-refractivity contribution in [3.63, 3.8) is 0 Å². The maximum Gasteiger partial charge on any atom is 0.289 e. The summed E-state index contributed by atoms with van der Waals surface area (Å²) >= 11 is 0. The summed E-state index contributed by atoms with van der Waals surface area (Å²) in [5.41, 5.74) is 7.76. The van der Waals surface area contributed by atoms with Gasteiger partial charge in [0.2, 0.25) is 0 Å². The summed E-state index contributed by atoms with van der Waals surface area (Å²) in [6, 6.07) is 8.06. The molecule has 1 aromatic heterocycles. The molecule has 1 fully saturated rings. The van der Waals surface area contributed by atoms with Crippen LogP contribution in [-0.2, 0) is 6.54 Å². The maximum atomic E-state index is 13.0. The molecule has 0 spiro atoms. The minimum absolute atomic E-state index is 0. The van der Waals surface area contributed by atoms with Crippen molar-refractivity contribution in [1.29, 1.82) is 0 Å². The Bertz CT molecular complexity index is 723. The number of nitrogens with zero attached hydrogens (tertiary/aromatic N) is 2. The predicted octanol–water partition coefficient (Wildman–Crippen LogP) is 3.54. The van der Waals surface area contributed by atoms with Gasteiger partial charge in [-0.1, -0.05) is 18.2 Å². The van der Waals surface area contributed by atoms with Crippen molar-refractivity contribution in [3.05, 3.63) is 35.6 Å². The fraction of sp³-hybridized carbons (Fsp3) is 0.526. The van der Waals surface area contributed by atoms with Crippen LogP contribution in [0.4, 0.5) is 0 Å². The Morgan fingerprint density at radius 1 is 1.27 bits per heavy atom. The highest BCUT2D eigenvalue weighted by atomic mass is 35.5. The quantitative estimate of drug-likeness (QED) is 0.850. The Morgan fingerprint density at radius 3 is 2.46 bits per heavy atom. The molecule has 5 nitrogen and oxygen atoms in total. The summed E-state index contributed by atoms with van der Waals surface area (Å²) < 4.78 is 5.95. The van der Waals surface area contributed by atoms with Gasteiger partial charge in [0.15, 0.2) is 5.76 Å². The molecule has 2 heterocycles. The van der Waals surface area contributed by atoms with E-state index in [-0.39, 0.29) is 36.8 Å². The first-order chi connectivity index (χ1) is 11.5. The fourth-order valence-electron chi connectivity index (χ4n) is 3.52. The van der Waals surface area contributed by atoms with E-state index in [0.29, 0.717) is 18.2 Å². The van der Waals surface area contributed by atoms with E-state index >= 15 is 0 Å². The van der Waals surface area contributed by atoms with E-state index in [4.69, 9.17) is 10.2 Å². The van der Waals surface area contributed by atoms with E-state index in [9.17, 15) is 4.79 Å². The van der Waals surface area contributed by atoms with Gasteiger partial charge in [0.05, 0.1) is 0 Å². The van der Waals surface area contributed by atoms with Gasteiger partial charge >= 0.3 is 0 Å². The number of hydrogen-bond donors (Lipinski definition) is 1. The third-order valence-corrected chi connectivity index (χ3v) is 4.94. The van der Waals surface area contributed by atoms with Gasteiger partial charge in [0.1, 0.15) is 5.58 Å². The topological polar surface area (TPSA) is 62.7 Å². The summed E-state index contributed by atoms with van der Waals surface area (Å²) in [6.45, 7) is 4.25. The largest absolute Gasteiger partial charge is 0.451 e. The monoisotopic (exact) mass is 401 g/mol. The second kappa shape index (κ2) is 9.60. The minimum atomic E-state index is 0. The van der Waals surface area contributed by atoms with Crippen molar-refractivity contribution in [1.82, 2.24) is 9.80 Å². The van der Waals surface area contributed by atoms with Crippen LogP contribution in [-0.4, -0.2) is 48.9 Å². The van der Waals surface area contributed by atoms with Crippen LogP contribution in [0.1, 0.15) is 35.9 Å². The third-order valence-electron chi connectivity index (χ3n) is 4.94. The highest BCUT2D eigenvalue weighted by molar-refractivity contribution is 5.99. The van der Waals surface area contributed by atoms with Crippen LogP contribution in [0.25, 0.3) is 11.0 Å². The smallest absolute Gasteiger partial charge is 0.289 e. The summed E-state index contributed by atoms with van der Waals surface area (Å²) in [5.74, 6) is 1.00. The van der Waals surface area contributed by atoms with Crippen LogP contribution in [0.5, 0.6) is 0 Å². The van der Waals surface area contributed by atoms with Crippen molar-refractivity contribution in [2.24, 2.45) is 11.7 Å². The van der Waals surface area contributed by atoms with E-state index in [2.05, 4.69) is 11.8 Å². The lowest BCUT2D eigenvalue weighted by Gasteiger charge is -2.33. The lowest BCUT2D eigenvalue weighted by atomic mass is 9.91. The van der Waals surface area contributed by atoms with Gasteiger partial charge in [-0.2, -0.15) is 0 Å². The average molecular weight is 402 g/mol. The molecule has 0 aliphatic carbocycles. The molecule has 0 radical (unpaired) electrons. The molecule has 0 bridgehead atoms. The van der Waals surface area contributed by atoms with Crippen molar-refractivity contribution in [2.75, 3.05) is 27.2 Å². The fourth-order valence-corrected chi connectivity index (χ4v) is 3.52. The van der Waals surface area contributed by atoms with E-state index < -0.39 is 0 Å². The van der Waals surface area contributed by atoms with Gasteiger partial charge < -0.3 is 20.0 Å². The highest BCUT2D eigenvalue weighted by Gasteiger charge is 2.29. The number of nitrogens with two attached hydrogens (primary N) is 1. The van der Waals surface area contributed by atoms with Gasteiger partial charge in [-0.15, -0.1) is 24.8 Å². The molecule has 1 unspecified atom stereocenters. The van der Waals surface area contributed by atoms with Crippen LogP contribution in [0.3, 0.4) is 0 Å². The van der Waals surface area contributed by atoms with E-state index in [1.165, 1.54) is 0 Å². The Morgan fingerprint density at radius 2 is 1.88 bits per heavy atom. The number of amides is 1. The Labute approximate surface area is 167 Å². The van der Waals surface area contributed by atoms with Crippen molar-refractivity contribution < 1.29 is 9.21 Å². The molecule has 1 amide bonds. The van der Waals surface area contributed by atoms with E-state index in [1.807, 2.05) is 43.3 Å². The summed E-state index contributed by atoms with van der Waals surface area (Å²) in [4.78, 5) is 17.0. The molecule has 26 heavy (non-hydrogen) atoms. The molecule has 1 aromatic carbocycles. The van der Waals surface area contributed by atoms with Crippen LogP contribution < -0.4 is 5.73 Å². The minimum Gasteiger partial charge on any atom is -0.451 e. The molecule has 1 saturated heterocycles. The SMILES string of the molecule is CC(N)C1CCN(C(=O)c2oc3ccccc3c2CN(C)C)CC1.Cl.Cl. The van der Waals surface area contributed by atoms with Crippen LogP contribution in [0, 0.1) is 5.92 Å². The lowest BCUT2D eigenvalue weighted by Crippen LogP contribution is -2.42. The summed E-state index contributed by atoms with van der Waals surface area (Å²) in [5, 5.41) is 1.03. The second-order valence-electron chi connectivity index (χ2n) is 7.13. The molecule has 2 aromatic rings. The average Bonchev–Trinajstić information content (AvgIpc) is 2.92. The van der Waals surface area contributed by atoms with Gasteiger partial charge in [-0.3, -0.25) is 4.79 Å². The van der Waals surface area contributed by atoms with Gasteiger partial charge in [-0.05, 0) is 45.8 Å². The van der Waals surface area contributed by atoms with Crippen molar-refractivity contribution in [3.8, 4) is 0 Å². The molecule has 1 aliphatic rings. The van der Waals surface area contributed by atoms with Crippen LogP contribution in [0.2, 0.25) is 0 Å². The van der Waals surface area contributed by atoms with E-state index in [0.717, 1.165) is 42.5 Å². The number of fused-ring (bicyclic) bond motifs is 1. The number of halogens is 2. The molecule has 3 rings (SSSR count). The molecule has 1 aliphatic heterocycles. The normalized spacial score (nSPS) is 16.3. The number of piperidine rings is 1. The summed E-state index contributed by atoms with van der Waals surface area (Å²) in [6.07, 6.45) is 1.93. The van der Waals surface area contributed by atoms with Gasteiger partial charge in [0, 0.05) is 36.6 Å². The number of benzene rings is 1. The number of para-hydroxylation sites is 1. The molecule has 146 valence electrons. The standard InChI is InChI=1S/C19H27N3O2.2ClH/c1-13(20)14-8-10-22(11-9-14)19(23)18-16(12-21(2)3)15-6-4-5-7-17(15)24-18;;/h4-7,13-14H,8-12,20H2,1-3H3;2*1H. The lowest BCUT2D eigenvalue weighted by molar-refractivity contribution is 0.0649. The molecule has 2 N–H and O–H groups in total. The van der Waals surface area contributed by atoms with E-state index in [1.54, 1.807) is 0 Å². The highest BCUT2D eigenvalue weighted by Crippen LogP contribution is 2.29. The number of rotatable bonds is 4. The number of furan rings is 1. The van der Waals surface area contributed by atoms with Crippen LogP contribution >= 0.6 is 24.8 Å². The molecular formula is C19H29Cl2N3O2. The maximum absolute atomic E-state index is 13.0. The van der Waals surface area contributed by atoms with Crippen molar-refractivity contribution >= 4 is 41.7 Å². The molecule has 0 saturated carbocycles. The van der Waals surface area contributed by atoms with Gasteiger partial charge in [-0.25, -0.2) is 0 Å². The zero-order valence-corrected chi connectivity index (χ0v) is 17.2. The third kappa shape index (κ3) is 4.71. The number of likely N-dealkylation sites (tertiary alicyclic amines) is 1. The Balaban J connectivity index is 0.00000169. The first-order valence-electron chi connectivity index (χ1n) is 8.67. The molecule has 1 atom stereocenters. The first kappa shape index (κ1) is 22.8. The molecule has 7 heteroatoms. The first-order valence-corrected chi connectivity index (χ1v) is 8.67. The number of carbonyl (C=O) groups excluding carboxylic acids is 1. The number of carbonyl (C=O) groups is 1. The van der Waals surface area contributed by atoms with Gasteiger partial charge in [0.25, 0.3) is 5.91 Å². The summed E-state index contributed by atoms with van der Waals surface area (Å²) in [7, 11) is 4.01. The van der Waals surface area contributed by atoms with Crippen LogP contribution in [0.15, 0.2) is 28.7 Å². The second-order valence-corrected chi connectivity index (χ2v) is 7.13. The zero-order valence-electron chi connectivity index (χ0n) is 15.6. The van der Waals surface area contributed by atoms with Crippen molar-refractivity contribution in [2.45, 2.75) is 32.4 Å². The number of hydrogen-bond acceptors (Lipinski definition) is 4.